The van der Waals surface area contributed by atoms with Gasteiger partial charge in [-0.15, -0.1) is 0 Å². The number of quaternary nitrogens is 1. The van der Waals surface area contributed by atoms with Gasteiger partial charge in [-0.25, -0.2) is 8.42 Å². The molecule has 4 heterocycles. The predicted octanol–water partition coefficient (Wildman–Crippen LogP) is -1.92. The second kappa shape index (κ2) is 6.15. The van der Waals surface area contributed by atoms with Gasteiger partial charge in [0.1, 0.15) is 5.25 Å². The SMILES string of the molecule is CC1(NC(=O)CC[N+]23CCN(CC2)CC3)CS(=O)(=O)CC1S(=O)(=O)O. The maximum Gasteiger partial charge on any atom is 0.271 e. The van der Waals surface area contributed by atoms with Gasteiger partial charge in [0.2, 0.25) is 5.91 Å². The number of fused-ring (bicyclic) bond motifs is 3. The van der Waals surface area contributed by atoms with Crippen LogP contribution in [0.1, 0.15) is 13.3 Å². The van der Waals surface area contributed by atoms with Crippen LogP contribution in [0.4, 0.5) is 0 Å². The quantitative estimate of drug-likeness (QED) is 0.411. The summed E-state index contributed by atoms with van der Waals surface area (Å²) >= 11 is 0. The van der Waals surface area contributed by atoms with Crippen molar-refractivity contribution in [1.29, 1.82) is 0 Å². The molecule has 2 unspecified atom stereocenters. The summed E-state index contributed by atoms with van der Waals surface area (Å²) in [6.07, 6.45) is 0.216. The zero-order valence-corrected chi connectivity index (χ0v) is 16.0. The largest absolute Gasteiger partial charge is 0.348 e. The van der Waals surface area contributed by atoms with Crippen LogP contribution in [0.25, 0.3) is 0 Å². The van der Waals surface area contributed by atoms with E-state index in [-0.39, 0.29) is 12.3 Å². The molecular formula is C14H26N3O6S2+. The molecule has 4 saturated heterocycles. The summed E-state index contributed by atoms with van der Waals surface area (Å²) in [4.78, 5) is 14.8. The van der Waals surface area contributed by atoms with Gasteiger partial charge in [-0.05, 0) is 6.92 Å². The lowest BCUT2D eigenvalue weighted by atomic mass is 10.0. The van der Waals surface area contributed by atoms with Gasteiger partial charge in [-0.1, -0.05) is 0 Å². The second-order valence-corrected chi connectivity index (χ2v) is 11.6. The highest BCUT2D eigenvalue weighted by molar-refractivity contribution is 7.94. The molecule has 2 N–H and O–H groups in total. The predicted molar refractivity (Wildman–Crippen MR) is 91.3 cm³/mol. The highest BCUT2D eigenvalue weighted by atomic mass is 32.2. The van der Waals surface area contributed by atoms with Gasteiger partial charge >= 0.3 is 0 Å². The second-order valence-electron chi connectivity index (χ2n) is 7.85. The number of carbonyl (C=O) groups is 1. The standard InChI is InChI=1S/C14H25N3O6S2/c1-14(11-24(19,20)10-12(14)25(21,22)23)15-13(18)2-6-17-7-3-16(4-8-17)5-9-17/h12H,2-11H2,1H3,(H-,15,18,21,22,23)/p+1. The Morgan fingerprint density at radius 3 is 2.36 bits per heavy atom. The monoisotopic (exact) mass is 396 g/mol. The maximum absolute atomic E-state index is 12.4. The van der Waals surface area contributed by atoms with E-state index in [0.717, 1.165) is 43.8 Å². The molecule has 4 aliphatic heterocycles. The Hall–Kier alpha value is -0.750. The molecule has 0 aromatic rings. The van der Waals surface area contributed by atoms with Crippen LogP contribution >= 0.6 is 0 Å². The van der Waals surface area contributed by atoms with Crippen LogP contribution in [0.5, 0.6) is 0 Å². The minimum Gasteiger partial charge on any atom is -0.348 e. The summed E-state index contributed by atoms with van der Waals surface area (Å²) in [6.45, 7) is 8.15. The maximum atomic E-state index is 12.4. The lowest BCUT2D eigenvalue weighted by Gasteiger charge is -2.50. The third-order valence-corrected chi connectivity index (χ3v) is 9.40. The molecule has 0 radical (unpaired) electrons. The summed E-state index contributed by atoms with van der Waals surface area (Å²) in [5.41, 5.74) is -1.50. The summed E-state index contributed by atoms with van der Waals surface area (Å²) in [7, 11) is -8.22. The molecule has 9 nitrogen and oxygen atoms in total. The minimum atomic E-state index is -4.58. The van der Waals surface area contributed by atoms with Crippen molar-refractivity contribution in [2.75, 3.05) is 57.3 Å². The number of carbonyl (C=O) groups excluding carboxylic acids is 1. The van der Waals surface area contributed by atoms with E-state index in [0.29, 0.717) is 6.54 Å². The molecule has 1 amide bonds. The highest BCUT2D eigenvalue weighted by Gasteiger charge is 2.54. The van der Waals surface area contributed by atoms with E-state index in [1.807, 2.05) is 0 Å². The lowest BCUT2D eigenvalue weighted by Crippen LogP contribution is -2.67. The molecule has 4 aliphatic rings. The van der Waals surface area contributed by atoms with E-state index in [2.05, 4.69) is 10.2 Å². The molecule has 25 heavy (non-hydrogen) atoms. The molecule has 0 aromatic heterocycles. The van der Waals surface area contributed by atoms with Crippen LogP contribution in [0.3, 0.4) is 0 Å². The van der Waals surface area contributed by atoms with Crippen molar-refractivity contribution < 1.29 is 30.7 Å². The first-order chi connectivity index (χ1) is 11.4. The fraction of sp³-hybridized carbons (Fsp3) is 0.929. The Morgan fingerprint density at radius 1 is 1.28 bits per heavy atom. The average Bonchev–Trinajstić information content (AvgIpc) is 2.76. The van der Waals surface area contributed by atoms with Gasteiger partial charge in [0.15, 0.2) is 9.84 Å². The normalized spacial score (nSPS) is 40.1. The van der Waals surface area contributed by atoms with Crippen molar-refractivity contribution in [3.63, 3.8) is 0 Å². The smallest absolute Gasteiger partial charge is 0.271 e. The third-order valence-electron chi connectivity index (χ3n) is 5.91. The van der Waals surface area contributed by atoms with E-state index < -0.39 is 42.2 Å². The molecule has 4 rings (SSSR count). The van der Waals surface area contributed by atoms with Crippen molar-refractivity contribution in [2.45, 2.75) is 24.1 Å². The Labute approximate surface area is 148 Å². The van der Waals surface area contributed by atoms with E-state index in [9.17, 15) is 26.2 Å². The minimum absolute atomic E-state index is 0.216. The Kier molecular flexibility index (Phi) is 4.68. The number of hydrogen-bond donors (Lipinski definition) is 2. The number of sulfone groups is 1. The Morgan fingerprint density at radius 2 is 1.84 bits per heavy atom. The molecule has 0 aromatic carbocycles. The number of hydrogen-bond acceptors (Lipinski definition) is 6. The topological polar surface area (TPSA) is 121 Å². The fourth-order valence-corrected chi connectivity index (χ4v) is 8.69. The lowest BCUT2D eigenvalue weighted by molar-refractivity contribution is -0.940. The number of piperazine rings is 3. The number of amides is 1. The Bertz CT molecular complexity index is 744. The van der Waals surface area contributed by atoms with E-state index in [1.165, 1.54) is 6.92 Å². The van der Waals surface area contributed by atoms with Crippen LogP contribution in [0.15, 0.2) is 0 Å². The van der Waals surface area contributed by atoms with Crippen molar-refractivity contribution in [3.05, 3.63) is 0 Å². The zero-order valence-electron chi connectivity index (χ0n) is 14.3. The molecule has 0 aliphatic carbocycles. The van der Waals surface area contributed by atoms with Crippen molar-refractivity contribution >= 4 is 25.9 Å². The van der Waals surface area contributed by atoms with Crippen molar-refractivity contribution in [2.24, 2.45) is 0 Å². The van der Waals surface area contributed by atoms with Gasteiger partial charge in [-0.3, -0.25) is 14.2 Å². The van der Waals surface area contributed by atoms with Crippen molar-refractivity contribution in [3.8, 4) is 0 Å². The molecule has 2 atom stereocenters. The summed E-state index contributed by atoms with van der Waals surface area (Å²) < 4.78 is 57.1. The van der Waals surface area contributed by atoms with E-state index in [4.69, 9.17) is 0 Å². The van der Waals surface area contributed by atoms with Crippen LogP contribution in [0.2, 0.25) is 0 Å². The van der Waals surface area contributed by atoms with E-state index >= 15 is 0 Å². The third kappa shape index (κ3) is 4.00. The van der Waals surface area contributed by atoms with Crippen LogP contribution in [-0.2, 0) is 24.7 Å². The molecule has 144 valence electrons. The molecular weight excluding hydrogens is 370 g/mol. The average molecular weight is 397 g/mol. The van der Waals surface area contributed by atoms with Gasteiger partial charge in [0, 0.05) is 19.6 Å². The van der Waals surface area contributed by atoms with E-state index in [1.54, 1.807) is 0 Å². The summed E-state index contributed by atoms with van der Waals surface area (Å²) in [6, 6.07) is 0. The first-order valence-corrected chi connectivity index (χ1v) is 11.8. The van der Waals surface area contributed by atoms with Gasteiger partial charge in [0.05, 0.1) is 49.6 Å². The number of nitrogens with one attached hydrogen (secondary N) is 1. The van der Waals surface area contributed by atoms with Crippen LogP contribution in [0, 0.1) is 0 Å². The number of rotatable bonds is 5. The summed E-state index contributed by atoms with van der Waals surface area (Å²) in [5, 5.41) is 1.06. The van der Waals surface area contributed by atoms with Gasteiger partial charge in [0.25, 0.3) is 10.1 Å². The fourth-order valence-electron chi connectivity index (χ4n) is 4.34. The highest BCUT2D eigenvalue weighted by Crippen LogP contribution is 2.29. The number of nitrogens with zero attached hydrogens (tertiary/aromatic N) is 2. The molecule has 0 spiro atoms. The Balaban J connectivity index is 1.65. The molecule has 2 bridgehead atoms. The molecule has 11 heteroatoms. The van der Waals surface area contributed by atoms with Crippen LogP contribution in [-0.4, -0.2) is 105 Å². The molecule has 0 saturated carbocycles. The molecule has 4 fully saturated rings. The van der Waals surface area contributed by atoms with Crippen molar-refractivity contribution in [1.82, 2.24) is 10.2 Å². The van der Waals surface area contributed by atoms with Crippen LogP contribution < -0.4 is 5.32 Å². The summed E-state index contributed by atoms with van der Waals surface area (Å²) in [5.74, 6) is -1.52. The first-order valence-electron chi connectivity index (χ1n) is 8.48. The zero-order chi connectivity index (χ0) is 18.5. The first kappa shape index (κ1) is 19.0. The van der Waals surface area contributed by atoms with Gasteiger partial charge < -0.3 is 9.80 Å². The van der Waals surface area contributed by atoms with Gasteiger partial charge in [-0.2, -0.15) is 8.42 Å².